The zero-order valence-corrected chi connectivity index (χ0v) is 15.1. The molecule has 2 bridgehead atoms. The van der Waals surface area contributed by atoms with Gasteiger partial charge in [0.1, 0.15) is 0 Å². The Morgan fingerprint density at radius 3 is 2.61 bits per heavy atom. The summed E-state index contributed by atoms with van der Waals surface area (Å²) in [5.41, 5.74) is 0. The van der Waals surface area contributed by atoms with Gasteiger partial charge in [0.25, 0.3) is 0 Å². The van der Waals surface area contributed by atoms with Crippen LogP contribution in [0.2, 0.25) is 0 Å². The van der Waals surface area contributed by atoms with E-state index in [9.17, 15) is 8.42 Å². The first-order valence-electron chi connectivity index (χ1n) is 7.98. The van der Waals surface area contributed by atoms with Gasteiger partial charge < -0.3 is 5.32 Å². The number of nitrogens with zero attached hydrogens (tertiary/aromatic N) is 1. The quantitative estimate of drug-likeness (QED) is 0.850. The minimum atomic E-state index is -3.43. The van der Waals surface area contributed by atoms with Crippen LogP contribution in [0.1, 0.15) is 19.3 Å². The van der Waals surface area contributed by atoms with Crippen LogP contribution >= 0.6 is 15.9 Å². The molecule has 2 aromatic carbocycles. The fraction of sp³-hybridized carbons (Fsp3) is 0.412. The number of nitrogens with one attached hydrogen (secondary N) is 1. The van der Waals surface area contributed by atoms with Crippen molar-refractivity contribution in [2.45, 2.75) is 36.2 Å². The lowest BCUT2D eigenvalue weighted by atomic mass is 10.1. The van der Waals surface area contributed by atoms with Gasteiger partial charge in [-0.15, -0.1) is 0 Å². The van der Waals surface area contributed by atoms with E-state index in [0.717, 1.165) is 28.1 Å². The molecule has 122 valence electrons. The van der Waals surface area contributed by atoms with Gasteiger partial charge in [-0.1, -0.05) is 28.1 Å². The van der Waals surface area contributed by atoms with E-state index >= 15 is 0 Å². The van der Waals surface area contributed by atoms with Gasteiger partial charge in [-0.05, 0) is 54.3 Å². The molecule has 4 rings (SSSR count). The highest BCUT2D eigenvalue weighted by Gasteiger charge is 2.34. The molecule has 6 heteroatoms. The number of hydrogen-bond acceptors (Lipinski definition) is 3. The Labute approximate surface area is 145 Å². The van der Waals surface area contributed by atoms with E-state index in [2.05, 4.69) is 21.2 Å². The summed E-state index contributed by atoms with van der Waals surface area (Å²) < 4.78 is 28.7. The van der Waals surface area contributed by atoms with Gasteiger partial charge in [0.15, 0.2) is 0 Å². The number of halogens is 1. The van der Waals surface area contributed by atoms with E-state index in [1.165, 1.54) is 6.42 Å². The number of sulfonamides is 1. The molecule has 23 heavy (non-hydrogen) atoms. The van der Waals surface area contributed by atoms with E-state index in [1.807, 2.05) is 24.3 Å². The summed E-state index contributed by atoms with van der Waals surface area (Å²) in [6.45, 7) is 1.19. The van der Waals surface area contributed by atoms with Gasteiger partial charge in [0.05, 0.1) is 4.90 Å². The maximum atomic E-state index is 13.0. The van der Waals surface area contributed by atoms with E-state index in [1.54, 1.807) is 16.4 Å². The zero-order chi connectivity index (χ0) is 16.0. The lowest BCUT2D eigenvalue weighted by molar-refractivity contribution is 0.383. The van der Waals surface area contributed by atoms with Crippen LogP contribution < -0.4 is 5.32 Å². The highest BCUT2D eigenvalue weighted by Crippen LogP contribution is 2.27. The summed E-state index contributed by atoms with van der Waals surface area (Å²) in [5, 5.41) is 5.52. The lowest BCUT2D eigenvalue weighted by Gasteiger charge is -2.23. The van der Waals surface area contributed by atoms with Crippen LogP contribution in [-0.2, 0) is 10.0 Å². The second-order valence-electron chi connectivity index (χ2n) is 6.44. The van der Waals surface area contributed by atoms with Crippen LogP contribution in [0, 0.1) is 0 Å². The van der Waals surface area contributed by atoms with Crippen molar-refractivity contribution >= 4 is 36.7 Å². The van der Waals surface area contributed by atoms with Gasteiger partial charge in [0, 0.05) is 29.6 Å². The fourth-order valence-corrected chi connectivity index (χ4v) is 5.55. The zero-order valence-electron chi connectivity index (χ0n) is 12.7. The van der Waals surface area contributed by atoms with Crippen LogP contribution in [0.4, 0.5) is 0 Å². The monoisotopic (exact) mass is 394 g/mol. The maximum Gasteiger partial charge on any atom is 0.243 e. The third-order valence-corrected chi connectivity index (χ3v) is 7.25. The Balaban J connectivity index is 1.69. The summed E-state index contributed by atoms with van der Waals surface area (Å²) in [6.07, 6.45) is 3.14. The molecule has 4 nitrogen and oxygen atoms in total. The first kappa shape index (κ1) is 15.6. The van der Waals surface area contributed by atoms with Crippen LogP contribution in [0.3, 0.4) is 0 Å². The molecule has 1 N–H and O–H groups in total. The molecule has 0 aliphatic carbocycles. The highest BCUT2D eigenvalue weighted by molar-refractivity contribution is 9.10. The standard InChI is InChI=1S/C17H19BrN2O2S/c18-14-3-1-13-10-17(6-2-12(13)9-14)23(21,22)20-8-7-15-4-5-16(11-20)19-15/h1-3,6,9-10,15-16,19H,4-5,7-8,11H2. The molecule has 0 radical (unpaired) electrons. The number of rotatable bonds is 2. The van der Waals surface area contributed by atoms with E-state index in [-0.39, 0.29) is 0 Å². The third kappa shape index (κ3) is 2.93. The SMILES string of the molecule is O=S(=O)(c1ccc2cc(Br)ccc2c1)N1CCC2CCC(C1)N2. The predicted octanol–water partition coefficient (Wildman–Crippen LogP) is 3.12. The minimum absolute atomic E-state index is 0.300. The molecular weight excluding hydrogens is 376 g/mol. The Kier molecular flexibility index (Phi) is 3.96. The topological polar surface area (TPSA) is 49.4 Å². The molecule has 2 fully saturated rings. The van der Waals surface area contributed by atoms with Crippen molar-refractivity contribution in [3.8, 4) is 0 Å². The highest BCUT2D eigenvalue weighted by atomic mass is 79.9. The summed E-state index contributed by atoms with van der Waals surface area (Å²) in [6, 6.07) is 12.1. The first-order valence-corrected chi connectivity index (χ1v) is 10.2. The van der Waals surface area contributed by atoms with Crippen molar-refractivity contribution in [2.24, 2.45) is 0 Å². The molecule has 2 aromatic rings. The first-order chi connectivity index (χ1) is 11.0. The van der Waals surface area contributed by atoms with Crippen molar-refractivity contribution in [1.82, 2.24) is 9.62 Å². The molecule has 2 atom stereocenters. The molecule has 0 spiro atoms. The molecule has 0 amide bonds. The molecule has 2 aliphatic rings. The fourth-order valence-electron chi connectivity index (χ4n) is 3.63. The minimum Gasteiger partial charge on any atom is -0.310 e. The molecule has 2 unspecified atom stereocenters. The maximum absolute atomic E-state index is 13.0. The smallest absolute Gasteiger partial charge is 0.243 e. The van der Waals surface area contributed by atoms with Crippen molar-refractivity contribution in [3.63, 3.8) is 0 Å². The Morgan fingerprint density at radius 1 is 1.00 bits per heavy atom. The normalized spacial score (nSPS) is 25.6. The van der Waals surface area contributed by atoms with Crippen LogP contribution in [-0.4, -0.2) is 37.9 Å². The Morgan fingerprint density at radius 2 is 1.74 bits per heavy atom. The van der Waals surface area contributed by atoms with Gasteiger partial charge >= 0.3 is 0 Å². The number of benzene rings is 2. The van der Waals surface area contributed by atoms with Crippen molar-refractivity contribution in [3.05, 3.63) is 40.9 Å². The lowest BCUT2D eigenvalue weighted by Crippen LogP contribution is -2.39. The Bertz CT molecular complexity index is 853. The van der Waals surface area contributed by atoms with Crippen molar-refractivity contribution in [2.75, 3.05) is 13.1 Å². The predicted molar refractivity (Wildman–Crippen MR) is 95.0 cm³/mol. The Hall–Kier alpha value is -0.950. The second-order valence-corrected chi connectivity index (χ2v) is 9.30. The molecule has 0 aromatic heterocycles. The number of fused-ring (bicyclic) bond motifs is 3. The van der Waals surface area contributed by atoms with Gasteiger partial charge in [-0.3, -0.25) is 0 Å². The second kappa shape index (κ2) is 5.84. The molecular formula is C17H19BrN2O2S. The summed E-state index contributed by atoms with van der Waals surface area (Å²) in [4.78, 5) is 0.394. The van der Waals surface area contributed by atoms with Crippen LogP contribution in [0.15, 0.2) is 45.8 Å². The van der Waals surface area contributed by atoms with E-state index in [0.29, 0.717) is 30.1 Å². The summed E-state index contributed by atoms with van der Waals surface area (Å²) in [5.74, 6) is 0. The number of hydrogen-bond donors (Lipinski definition) is 1. The van der Waals surface area contributed by atoms with Gasteiger partial charge in [-0.2, -0.15) is 4.31 Å². The van der Waals surface area contributed by atoms with E-state index in [4.69, 9.17) is 0 Å². The largest absolute Gasteiger partial charge is 0.310 e. The van der Waals surface area contributed by atoms with Gasteiger partial charge in [0.2, 0.25) is 10.0 Å². The van der Waals surface area contributed by atoms with Crippen molar-refractivity contribution < 1.29 is 8.42 Å². The van der Waals surface area contributed by atoms with Gasteiger partial charge in [-0.25, -0.2) is 8.42 Å². The average Bonchev–Trinajstić information content (AvgIpc) is 2.85. The summed E-state index contributed by atoms with van der Waals surface area (Å²) >= 11 is 3.45. The molecule has 0 saturated carbocycles. The van der Waals surface area contributed by atoms with E-state index < -0.39 is 10.0 Å². The van der Waals surface area contributed by atoms with Crippen LogP contribution in [0.5, 0.6) is 0 Å². The average molecular weight is 395 g/mol. The third-order valence-electron chi connectivity index (χ3n) is 4.90. The summed E-state index contributed by atoms with van der Waals surface area (Å²) in [7, 11) is -3.43. The molecule has 2 heterocycles. The molecule has 2 aliphatic heterocycles. The molecule has 2 saturated heterocycles. The van der Waals surface area contributed by atoms with Crippen LogP contribution in [0.25, 0.3) is 10.8 Å². The van der Waals surface area contributed by atoms with Crippen molar-refractivity contribution in [1.29, 1.82) is 0 Å².